The van der Waals surface area contributed by atoms with Gasteiger partial charge in [-0.25, -0.2) is 9.78 Å². The molecule has 0 radical (unpaired) electrons. The molecule has 3 aromatic carbocycles. The number of fused-ring (bicyclic) bond motifs is 1. The second-order valence-electron chi connectivity index (χ2n) is 7.69. The highest BCUT2D eigenvalue weighted by Gasteiger charge is 2.16. The fourth-order valence-electron chi connectivity index (χ4n) is 3.59. The van der Waals surface area contributed by atoms with Gasteiger partial charge in [0.05, 0.1) is 11.6 Å². The summed E-state index contributed by atoms with van der Waals surface area (Å²) < 4.78 is 12.4. The fourth-order valence-corrected chi connectivity index (χ4v) is 4.89. The lowest BCUT2D eigenvalue weighted by Gasteiger charge is -2.15. The van der Waals surface area contributed by atoms with Crippen molar-refractivity contribution in [2.24, 2.45) is 0 Å². The number of aromatic nitrogens is 3. The number of benzene rings is 3. The summed E-state index contributed by atoms with van der Waals surface area (Å²) in [4.78, 5) is 16.3. The van der Waals surface area contributed by atoms with Gasteiger partial charge in [0.25, 0.3) is 0 Å². The van der Waals surface area contributed by atoms with E-state index in [1.165, 1.54) is 0 Å². The van der Waals surface area contributed by atoms with E-state index in [9.17, 15) is 9.90 Å². The van der Waals surface area contributed by atoms with Crippen molar-refractivity contribution in [3.8, 4) is 11.5 Å². The number of carbonyl (C=O) groups is 1. The zero-order valence-corrected chi connectivity index (χ0v) is 21.6. The van der Waals surface area contributed by atoms with Crippen LogP contribution in [0.4, 0.5) is 0 Å². The van der Waals surface area contributed by atoms with Gasteiger partial charge in [-0.15, -0.1) is 5.10 Å². The number of aryl methyl sites for hydroxylation is 1. The van der Waals surface area contributed by atoms with E-state index in [1.807, 2.05) is 31.2 Å². The van der Waals surface area contributed by atoms with Crippen LogP contribution in [0.1, 0.15) is 30.3 Å². The molecule has 0 bridgehead atoms. The topological polar surface area (TPSA) is 97.3 Å². The Hall–Kier alpha value is -3.30. The number of halogens is 1. The number of rotatable bonds is 10. The molecule has 0 aliphatic heterocycles. The van der Waals surface area contributed by atoms with Crippen molar-refractivity contribution in [3.63, 3.8) is 0 Å². The first kappa shape index (κ1) is 24.8. The van der Waals surface area contributed by atoms with Crippen LogP contribution in [-0.4, -0.2) is 33.4 Å². The average molecular weight is 554 g/mol. The monoisotopic (exact) mass is 553 g/mol. The third-order valence-electron chi connectivity index (χ3n) is 5.21. The Morgan fingerprint density at radius 1 is 1.20 bits per heavy atom. The molecule has 35 heavy (non-hydrogen) atoms. The van der Waals surface area contributed by atoms with E-state index in [4.69, 9.17) is 9.47 Å². The minimum absolute atomic E-state index is 0.0884. The van der Waals surface area contributed by atoms with Crippen molar-refractivity contribution in [1.82, 2.24) is 15.2 Å². The van der Waals surface area contributed by atoms with E-state index in [1.54, 1.807) is 25.3 Å². The van der Waals surface area contributed by atoms with Crippen LogP contribution in [0, 0.1) is 0 Å². The number of aromatic amines is 1. The third kappa shape index (κ3) is 6.04. The Balaban J connectivity index is 1.58. The normalized spacial score (nSPS) is 11.6. The van der Waals surface area contributed by atoms with Crippen molar-refractivity contribution in [2.45, 2.75) is 31.5 Å². The number of H-pyrrole nitrogens is 1. The number of carboxylic acid groups (broad SMARTS) is 1. The Labute approximate surface area is 215 Å². The van der Waals surface area contributed by atoms with Gasteiger partial charge < -0.3 is 14.6 Å². The van der Waals surface area contributed by atoms with E-state index in [0.29, 0.717) is 33.3 Å². The molecule has 0 aliphatic carbocycles. The number of carboxylic acids is 1. The number of methoxy groups -OCH3 is 1. The van der Waals surface area contributed by atoms with Gasteiger partial charge >= 0.3 is 5.97 Å². The summed E-state index contributed by atoms with van der Waals surface area (Å²) in [5, 5.41) is 19.3. The summed E-state index contributed by atoms with van der Waals surface area (Å²) in [5.74, 6) is 0.698. The molecule has 0 saturated carbocycles. The van der Waals surface area contributed by atoms with Crippen molar-refractivity contribution in [3.05, 3.63) is 80.9 Å². The first-order chi connectivity index (χ1) is 17.0. The summed E-state index contributed by atoms with van der Waals surface area (Å²) in [6.45, 7) is 2.39. The molecule has 0 amide bonds. The number of nitrogens with one attached hydrogen (secondary N) is 1. The highest BCUT2D eigenvalue weighted by molar-refractivity contribution is 9.10. The van der Waals surface area contributed by atoms with Crippen LogP contribution >= 0.6 is 27.7 Å². The Morgan fingerprint density at radius 2 is 2.00 bits per heavy atom. The fraction of sp³-hybridized carbons (Fsp3) is 0.192. The second-order valence-corrected chi connectivity index (χ2v) is 9.55. The van der Waals surface area contributed by atoms with Crippen LogP contribution in [0.2, 0.25) is 0 Å². The standard InChI is InChI=1S/C26H24BrN3O4S/c1-3-7-23-28-26(30-29-23)35-22(25(31)32)14-16-12-20(27)24(21(13-16)33-2)34-15-18-10-6-9-17-8-4-5-11-19(17)18/h4-6,8-14H,3,7,15H2,1-2H3,(H,31,32)(H,28,29,30)/b22-14-. The van der Waals surface area contributed by atoms with Crippen molar-refractivity contribution in [1.29, 1.82) is 0 Å². The summed E-state index contributed by atoms with van der Waals surface area (Å²) in [5.41, 5.74) is 1.69. The smallest absolute Gasteiger partial charge is 0.342 e. The molecule has 7 nitrogen and oxygen atoms in total. The van der Waals surface area contributed by atoms with Gasteiger partial charge in [0, 0.05) is 6.42 Å². The first-order valence-corrected chi connectivity index (χ1v) is 12.6. The lowest BCUT2D eigenvalue weighted by atomic mass is 10.1. The lowest BCUT2D eigenvalue weighted by Crippen LogP contribution is -2.00. The molecule has 1 heterocycles. The van der Waals surface area contributed by atoms with Gasteiger partial charge in [-0.2, -0.15) is 0 Å². The number of thioether (sulfide) groups is 1. The molecule has 4 rings (SSSR count). The minimum Gasteiger partial charge on any atom is -0.493 e. The van der Waals surface area contributed by atoms with Crippen LogP contribution in [-0.2, 0) is 17.8 Å². The van der Waals surface area contributed by atoms with E-state index in [2.05, 4.69) is 49.3 Å². The molecule has 4 aromatic rings. The van der Waals surface area contributed by atoms with Crippen LogP contribution in [0.5, 0.6) is 11.5 Å². The van der Waals surface area contributed by atoms with Crippen molar-refractivity contribution >= 4 is 50.5 Å². The van der Waals surface area contributed by atoms with Crippen molar-refractivity contribution < 1.29 is 19.4 Å². The summed E-state index contributed by atoms with van der Waals surface area (Å²) in [7, 11) is 1.55. The molecule has 0 unspecified atom stereocenters. The average Bonchev–Trinajstić information content (AvgIpc) is 3.29. The van der Waals surface area contributed by atoms with Crippen LogP contribution in [0.25, 0.3) is 16.8 Å². The zero-order chi connectivity index (χ0) is 24.8. The highest BCUT2D eigenvalue weighted by Crippen LogP contribution is 2.39. The number of nitrogens with zero attached hydrogens (tertiary/aromatic N) is 2. The van der Waals surface area contributed by atoms with E-state index in [0.717, 1.165) is 46.8 Å². The molecular formula is C26H24BrN3O4S. The second kappa shape index (κ2) is 11.4. The molecule has 180 valence electrons. The Bertz CT molecular complexity index is 1380. The molecule has 0 atom stereocenters. The quantitative estimate of drug-likeness (QED) is 0.171. The Kier molecular flexibility index (Phi) is 8.09. The van der Waals surface area contributed by atoms with Gasteiger partial charge in [0.1, 0.15) is 17.3 Å². The maximum atomic E-state index is 11.9. The number of hydrogen-bond donors (Lipinski definition) is 2. The van der Waals surface area contributed by atoms with Crippen LogP contribution in [0.15, 0.2) is 69.1 Å². The van der Waals surface area contributed by atoms with Crippen LogP contribution in [0.3, 0.4) is 0 Å². The zero-order valence-electron chi connectivity index (χ0n) is 19.2. The van der Waals surface area contributed by atoms with Gasteiger partial charge in [-0.1, -0.05) is 49.4 Å². The molecule has 9 heteroatoms. The van der Waals surface area contributed by atoms with Crippen LogP contribution < -0.4 is 9.47 Å². The molecular weight excluding hydrogens is 530 g/mol. The minimum atomic E-state index is -1.07. The third-order valence-corrected chi connectivity index (χ3v) is 6.68. The van der Waals surface area contributed by atoms with E-state index < -0.39 is 5.97 Å². The molecule has 2 N–H and O–H groups in total. The predicted molar refractivity (Wildman–Crippen MR) is 141 cm³/mol. The largest absolute Gasteiger partial charge is 0.493 e. The van der Waals surface area contributed by atoms with Gasteiger partial charge in [-0.05, 0) is 74.2 Å². The summed E-state index contributed by atoms with van der Waals surface area (Å²) >= 11 is 4.55. The molecule has 0 spiro atoms. The van der Waals surface area contributed by atoms with E-state index in [-0.39, 0.29) is 4.91 Å². The molecule has 0 saturated heterocycles. The molecule has 0 aliphatic rings. The first-order valence-electron chi connectivity index (χ1n) is 11.0. The van der Waals surface area contributed by atoms with Gasteiger partial charge in [0.2, 0.25) is 5.16 Å². The van der Waals surface area contributed by atoms with E-state index >= 15 is 0 Å². The SMILES string of the molecule is CCCc1nc(S/C(=C\c2cc(Br)c(OCc3cccc4ccccc34)c(OC)c2)C(=O)O)n[nH]1. The molecule has 0 fully saturated rings. The summed E-state index contributed by atoms with van der Waals surface area (Å²) in [6.07, 6.45) is 3.23. The maximum Gasteiger partial charge on any atom is 0.342 e. The van der Waals surface area contributed by atoms with Gasteiger partial charge in [0.15, 0.2) is 11.5 Å². The predicted octanol–water partition coefficient (Wildman–Crippen LogP) is 6.48. The van der Waals surface area contributed by atoms with Gasteiger partial charge in [-0.3, -0.25) is 5.10 Å². The lowest BCUT2D eigenvalue weighted by molar-refractivity contribution is -0.131. The molecule has 1 aromatic heterocycles. The Morgan fingerprint density at radius 3 is 2.77 bits per heavy atom. The van der Waals surface area contributed by atoms with Crippen molar-refractivity contribution in [2.75, 3.05) is 7.11 Å². The number of hydrogen-bond acceptors (Lipinski definition) is 6. The highest BCUT2D eigenvalue weighted by atomic mass is 79.9. The maximum absolute atomic E-state index is 11.9. The number of ether oxygens (including phenoxy) is 2. The number of aliphatic carboxylic acids is 1. The summed E-state index contributed by atoms with van der Waals surface area (Å²) in [6, 6.07) is 17.8.